The minimum atomic E-state index is -3.46. The van der Waals surface area contributed by atoms with Crippen LogP contribution in [-0.2, 0) is 19.3 Å². The lowest BCUT2D eigenvalue weighted by atomic mass is 10.4. The molecule has 0 bridgehead atoms. The van der Waals surface area contributed by atoms with Crippen molar-refractivity contribution in [3.05, 3.63) is 29.3 Å². The SMILES string of the molecule is CCOC(CS(=O)(=O)c1cccc(Cl)c1)OCC. The minimum Gasteiger partial charge on any atom is -0.352 e. The van der Waals surface area contributed by atoms with Gasteiger partial charge in [0.15, 0.2) is 16.1 Å². The molecule has 0 amide bonds. The highest BCUT2D eigenvalue weighted by molar-refractivity contribution is 7.91. The van der Waals surface area contributed by atoms with Crippen molar-refractivity contribution in [2.45, 2.75) is 25.0 Å². The lowest BCUT2D eigenvalue weighted by molar-refractivity contribution is -0.120. The van der Waals surface area contributed by atoms with Crippen LogP contribution in [-0.4, -0.2) is 33.7 Å². The van der Waals surface area contributed by atoms with E-state index in [-0.39, 0.29) is 10.6 Å². The van der Waals surface area contributed by atoms with Gasteiger partial charge in [0, 0.05) is 18.2 Å². The van der Waals surface area contributed by atoms with Crippen LogP contribution in [0.4, 0.5) is 0 Å². The summed E-state index contributed by atoms with van der Waals surface area (Å²) in [5.41, 5.74) is 0. The van der Waals surface area contributed by atoms with Gasteiger partial charge in [0.25, 0.3) is 0 Å². The smallest absolute Gasteiger partial charge is 0.183 e. The summed E-state index contributed by atoms with van der Waals surface area (Å²) < 4.78 is 34.7. The largest absolute Gasteiger partial charge is 0.352 e. The predicted molar refractivity (Wildman–Crippen MR) is 70.5 cm³/mol. The average Bonchev–Trinajstić information content (AvgIpc) is 2.29. The van der Waals surface area contributed by atoms with Gasteiger partial charge in [-0.15, -0.1) is 0 Å². The molecule has 6 heteroatoms. The molecule has 0 spiro atoms. The minimum absolute atomic E-state index is 0.180. The maximum Gasteiger partial charge on any atom is 0.183 e. The highest BCUT2D eigenvalue weighted by Gasteiger charge is 2.22. The summed E-state index contributed by atoms with van der Waals surface area (Å²) in [5.74, 6) is -0.213. The number of halogens is 1. The van der Waals surface area contributed by atoms with Gasteiger partial charge < -0.3 is 9.47 Å². The van der Waals surface area contributed by atoms with Crippen LogP contribution in [0.1, 0.15) is 13.8 Å². The molecule has 0 aliphatic rings. The molecule has 0 radical (unpaired) electrons. The Hall–Kier alpha value is -0.620. The predicted octanol–water partition coefficient (Wildman–Crippen LogP) is 2.51. The van der Waals surface area contributed by atoms with Gasteiger partial charge in [0.1, 0.15) is 5.75 Å². The molecule has 1 aromatic rings. The van der Waals surface area contributed by atoms with E-state index in [4.69, 9.17) is 21.1 Å². The first-order valence-corrected chi connectivity index (χ1v) is 7.74. The molecule has 0 heterocycles. The van der Waals surface area contributed by atoms with Crippen LogP contribution in [0.25, 0.3) is 0 Å². The molecule has 0 aromatic heterocycles. The van der Waals surface area contributed by atoms with Crippen molar-refractivity contribution in [1.29, 1.82) is 0 Å². The van der Waals surface area contributed by atoms with E-state index in [2.05, 4.69) is 0 Å². The molecule has 0 fully saturated rings. The van der Waals surface area contributed by atoms with Gasteiger partial charge in [-0.3, -0.25) is 0 Å². The van der Waals surface area contributed by atoms with Crippen LogP contribution in [0.2, 0.25) is 5.02 Å². The molecule has 0 aliphatic carbocycles. The molecule has 4 nitrogen and oxygen atoms in total. The van der Waals surface area contributed by atoms with Gasteiger partial charge in [0.2, 0.25) is 0 Å². The van der Waals surface area contributed by atoms with Gasteiger partial charge in [-0.1, -0.05) is 17.7 Å². The van der Waals surface area contributed by atoms with E-state index >= 15 is 0 Å². The summed E-state index contributed by atoms with van der Waals surface area (Å²) in [5, 5.41) is 0.389. The Morgan fingerprint density at radius 1 is 1.22 bits per heavy atom. The zero-order valence-corrected chi connectivity index (χ0v) is 12.0. The number of benzene rings is 1. The van der Waals surface area contributed by atoms with Gasteiger partial charge in [-0.05, 0) is 32.0 Å². The molecular weight excluding hydrogens is 276 g/mol. The average molecular weight is 293 g/mol. The molecule has 0 aliphatic heterocycles. The molecule has 1 rings (SSSR count). The van der Waals surface area contributed by atoms with Gasteiger partial charge >= 0.3 is 0 Å². The van der Waals surface area contributed by atoms with Crippen LogP contribution >= 0.6 is 11.6 Å². The molecule has 0 saturated carbocycles. The summed E-state index contributed by atoms with van der Waals surface area (Å²) in [4.78, 5) is 0.180. The van der Waals surface area contributed by atoms with Crippen LogP contribution in [0.3, 0.4) is 0 Å². The van der Waals surface area contributed by atoms with Crippen LogP contribution in [0.5, 0.6) is 0 Å². The van der Waals surface area contributed by atoms with E-state index < -0.39 is 16.1 Å². The van der Waals surface area contributed by atoms with Crippen LogP contribution < -0.4 is 0 Å². The second-order valence-corrected chi connectivity index (χ2v) is 6.05. The van der Waals surface area contributed by atoms with E-state index in [0.29, 0.717) is 18.2 Å². The summed E-state index contributed by atoms with van der Waals surface area (Å²) in [6.07, 6.45) is -0.746. The Balaban J connectivity index is 2.86. The molecule has 18 heavy (non-hydrogen) atoms. The van der Waals surface area contributed by atoms with Crippen molar-refractivity contribution in [3.63, 3.8) is 0 Å². The summed E-state index contributed by atoms with van der Waals surface area (Å²) in [6, 6.07) is 6.16. The van der Waals surface area contributed by atoms with E-state index in [0.717, 1.165) is 0 Å². The first-order valence-electron chi connectivity index (χ1n) is 5.71. The number of hydrogen-bond acceptors (Lipinski definition) is 4. The number of hydrogen-bond donors (Lipinski definition) is 0. The maximum absolute atomic E-state index is 12.1. The normalized spacial score (nSPS) is 12.0. The molecule has 0 saturated heterocycles. The van der Waals surface area contributed by atoms with E-state index in [1.165, 1.54) is 12.1 Å². The van der Waals surface area contributed by atoms with Gasteiger partial charge in [-0.25, -0.2) is 8.42 Å². The second kappa shape index (κ2) is 7.09. The van der Waals surface area contributed by atoms with Crippen molar-refractivity contribution >= 4 is 21.4 Å². The standard InChI is InChI=1S/C12H17ClO4S/c1-3-16-12(17-4-2)9-18(14,15)11-7-5-6-10(13)8-11/h5-8,12H,3-4,9H2,1-2H3. The zero-order valence-electron chi connectivity index (χ0n) is 10.4. The number of sulfone groups is 1. The van der Waals surface area contributed by atoms with Gasteiger partial charge in [-0.2, -0.15) is 0 Å². The Kier molecular flexibility index (Phi) is 6.08. The Morgan fingerprint density at radius 2 is 1.83 bits per heavy atom. The number of rotatable bonds is 7. The summed E-state index contributed by atoms with van der Waals surface area (Å²) in [6.45, 7) is 4.38. The van der Waals surface area contributed by atoms with E-state index in [9.17, 15) is 8.42 Å². The highest BCUT2D eigenvalue weighted by Crippen LogP contribution is 2.18. The monoisotopic (exact) mass is 292 g/mol. The first-order chi connectivity index (χ1) is 8.49. The highest BCUT2D eigenvalue weighted by atomic mass is 35.5. The van der Waals surface area contributed by atoms with Crippen molar-refractivity contribution < 1.29 is 17.9 Å². The Labute approximate surface area is 113 Å². The van der Waals surface area contributed by atoms with Crippen molar-refractivity contribution in [2.24, 2.45) is 0 Å². The lowest BCUT2D eigenvalue weighted by Gasteiger charge is -2.16. The third kappa shape index (κ3) is 4.57. The van der Waals surface area contributed by atoms with Crippen molar-refractivity contribution in [3.8, 4) is 0 Å². The Bertz CT molecular complexity index is 467. The van der Waals surface area contributed by atoms with Crippen LogP contribution in [0.15, 0.2) is 29.2 Å². The van der Waals surface area contributed by atoms with Crippen LogP contribution in [0, 0.1) is 0 Å². The summed E-state index contributed by atoms with van der Waals surface area (Å²) >= 11 is 5.78. The molecule has 1 aromatic carbocycles. The van der Waals surface area contributed by atoms with Crippen molar-refractivity contribution in [1.82, 2.24) is 0 Å². The van der Waals surface area contributed by atoms with Gasteiger partial charge in [0.05, 0.1) is 4.90 Å². The fraction of sp³-hybridized carbons (Fsp3) is 0.500. The lowest BCUT2D eigenvalue weighted by Crippen LogP contribution is -2.27. The molecule has 102 valence electrons. The van der Waals surface area contributed by atoms with Crippen molar-refractivity contribution in [2.75, 3.05) is 19.0 Å². The zero-order chi connectivity index (χ0) is 13.6. The fourth-order valence-corrected chi connectivity index (χ4v) is 3.04. The quantitative estimate of drug-likeness (QED) is 0.725. The summed E-state index contributed by atoms with van der Waals surface area (Å²) in [7, 11) is -3.46. The fourth-order valence-electron chi connectivity index (χ4n) is 1.45. The Morgan fingerprint density at radius 3 is 2.33 bits per heavy atom. The molecule has 0 atom stereocenters. The third-order valence-corrected chi connectivity index (χ3v) is 4.13. The molecule has 0 N–H and O–H groups in total. The van der Waals surface area contributed by atoms with E-state index in [1.54, 1.807) is 26.0 Å². The second-order valence-electron chi connectivity index (χ2n) is 3.58. The third-order valence-electron chi connectivity index (χ3n) is 2.22. The van der Waals surface area contributed by atoms with E-state index in [1.807, 2.05) is 0 Å². The maximum atomic E-state index is 12.1. The first kappa shape index (κ1) is 15.4. The number of ether oxygens (including phenoxy) is 2. The topological polar surface area (TPSA) is 52.6 Å². The molecule has 0 unspecified atom stereocenters. The molecular formula is C12H17ClO4S.